The van der Waals surface area contributed by atoms with Crippen LogP contribution < -0.4 is 4.74 Å². The predicted octanol–water partition coefficient (Wildman–Crippen LogP) is 5.33. The van der Waals surface area contributed by atoms with Crippen LogP contribution in [0.4, 0.5) is 26.3 Å². The molecule has 0 bridgehead atoms. The molecule has 5 rings (SSSR count). The number of aromatic nitrogens is 3. The Morgan fingerprint density at radius 2 is 1.70 bits per heavy atom. The number of ether oxygens (including phenoxy) is 1. The number of rotatable bonds is 4. The Bertz CT molecular complexity index is 1100. The van der Waals surface area contributed by atoms with Crippen molar-refractivity contribution in [3.05, 3.63) is 59.3 Å². The van der Waals surface area contributed by atoms with Crippen molar-refractivity contribution < 1.29 is 31.1 Å². The molecule has 1 aromatic carbocycles. The minimum absolute atomic E-state index is 0.0745. The summed E-state index contributed by atoms with van der Waals surface area (Å²) in [5.41, 5.74) is -0.778. The van der Waals surface area contributed by atoms with Gasteiger partial charge in [-0.1, -0.05) is 12.1 Å². The number of benzene rings is 1. The third-order valence-electron chi connectivity index (χ3n) is 5.72. The molecule has 1 unspecified atom stereocenters. The molecule has 2 aliphatic carbocycles. The van der Waals surface area contributed by atoms with Gasteiger partial charge in [0.05, 0.1) is 12.0 Å². The van der Waals surface area contributed by atoms with Crippen LogP contribution in [-0.4, -0.2) is 26.6 Å². The molecule has 0 aliphatic heterocycles. The van der Waals surface area contributed by atoms with Crippen LogP contribution in [0.5, 0.6) is 5.75 Å². The van der Waals surface area contributed by atoms with Crippen molar-refractivity contribution in [1.82, 2.24) is 14.6 Å². The fourth-order valence-electron chi connectivity index (χ4n) is 3.90. The summed E-state index contributed by atoms with van der Waals surface area (Å²) in [6.07, 6.45) is -3.49. The second kappa shape index (κ2) is 6.36. The summed E-state index contributed by atoms with van der Waals surface area (Å²) < 4.78 is 87.6. The maximum atomic E-state index is 13.8. The molecule has 0 N–H and O–H groups in total. The van der Waals surface area contributed by atoms with E-state index in [1.54, 1.807) is 12.1 Å². The van der Waals surface area contributed by atoms with Crippen molar-refractivity contribution in [2.45, 2.75) is 49.3 Å². The summed E-state index contributed by atoms with van der Waals surface area (Å²) in [5, 5.41) is 7.13. The summed E-state index contributed by atoms with van der Waals surface area (Å²) in [7, 11) is 0. The van der Waals surface area contributed by atoms with Gasteiger partial charge in [-0.05, 0) is 42.5 Å². The lowest BCUT2D eigenvalue weighted by Gasteiger charge is -2.36. The molecule has 2 saturated carbocycles. The van der Waals surface area contributed by atoms with Crippen molar-refractivity contribution in [3.63, 3.8) is 0 Å². The molecule has 0 amide bonds. The lowest BCUT2D eigenvalue weighted by Crippen LogP contribution is -2.33. The zero-order chi connectivity index (χ0) is 21.3. The van der Waals surface area contributed by atoms with Crippen molar-refractivity contribution in [2.75, 3.05) is 0 Å². The van der Waals surface area contributed by atoms with E-state index >= 15 is 0 Å². The van der Waals surface area contributed by atoms with Crippen LogP contribution in [-0.2, 0) is 6.18 Å². The molecular weight excluding hydrogens is 412 g/mol. The molecular formula is C20H15F6N3O. The maximum absolute atomic E-state index is 13.8. The first-order valence-electron chi connectivity index (χ1n) is 9.38. The summed E-state index contributed by atoms with van der Waals surface area (Å²) in [5.74, 6) is -5.08. The molecule has 2 fully saturated rings. The maximum Gasteiger partial charge on any atom is 0.423 e. The zero-order valence-electron chi connectivity index (χ0n) is 15.3. The van der Waals surface area contributed by atoms with Crippen molar-refractivity contribution >= 4 is 5.65 Å². The summed E-state index contributed by atoms with van der Waals surface area (Å²) >= 11 is 0. The molecule has 10 heteroatoms. The Hall–Kier alpha value is -2.78. The van der Waals surface area contributed by atoms with Crippen molar-refractivity contribution in [2.24, 2.45) is 0 Å². The van der Waals surface area contributed by atoms with Crippen LogP contribution in [0.3, 0.4) is 0 Å². The van der Waals surface area contributed by atoms with Crippen LogP contribution in [0.2, 0.25) is 0 Å². The fourth-order valence-corrected chi connectivity index (χ4v) is 3.90. The van der Waals surface area contributed by atoms with E-state index in [0.29, 0.717) is 12.8 Å². The lowest BCUT2D eigenvalue weighted by molar-refractivity contribution is -0.138. The van der Waals surface area contributed by atoms with Crippen LogP contribution in [0.15, 0.2) is 36.5 Å². The molecule has 4 nitrogen and oxygen atoms in total. The highest BCUT2D eigenvalue weighted by Gasteiger charge is 2.60. The fraction of sp³-hybridized carbons (Fsp3) is 0.400. The number of alkyl halides is 5. The van der Waals surface area contributed by atoms with Crippen LogP contribution in [0.25, 0.3) is 5.65 Å². The van der Waals surface area contributed by atoms with Gasteiger partial charge in [0.1, 0.15) is 23.0 Å². The van der Waals surface area contributed by atoms with E-state index in [4.69, 9.17) is 4.74 Å². The SMILES string of the molecule is Fc1ccc(C2CC(Oc3ccn4c(C5CC5(F)F)nnc4c3C(F)(F)F)C2)cc1. The van der Waals surface area contributed by atoms with Crippen LogP contribution >= 0.6 is 0 Å². The largest absolute Gasteiger partial charge is 0.490 e. The first kappa shape index (κ1) is 19.2. The molecule has 2 aliphatic rings. The van der Waals surface area contributed by atoms with Gasteiger partial charge in [0.2, 0.25) is 0 Å². The standard InChI is InChI=1S/C20H15F6N3O/c21-12-3-1-10(2-4-12)11-7-13(8-11)30-15-5-6-29-17(14-9-19(14,22)23)27-28-18(29)16(15)20(24,25)26/h1-6,11,13-14H,7-9H2. The van der Waals surface area contributed by atoms with Crippen molar-refractivity contribution in [1.29, 1.82) is 0 Å². The normalized spacial score (nSPS) is 25.2. The van der Waals surface area contributed by atoms with Gasteiger partial charge in [0.15, 0.2) is 5.65 Å². The van der Waals surface area contributed by atoms with E-state index in [2.05, 4.69) is 10.2 Å². The Balaban J connectivity index is 1.40. The molecule has 158 valence electrons. The van der Waals surface area contributed by atoms with E-state index in [1.807, 2.05) is 0 Å². The first-order chi connectivity index (χ1) is 14.1. The lowest BCUT2D eigenvalue weighted by atomic mass is 9.77. The number of nitrogens with zero attached hydrogens (tertiary/aromatic N) is 3. The van der Waals surface area contributed by atoms with E-state index in [9.17, 15) is 26.3 Å². The smallest absolute Gasteiger partial charge is 0.423 e. The average Bonchev–Trinajstić information content (AvgIpc) is 3.07. The summed E-state index contributed by atoms with van der Waals surface area (Å²) in [6, 6.07) is 7.09. The molecule has 0 spiro atoms. The summed E-state index contributed by atoms with van der Waals surface area (Å²) in [4.78, 5) is 0. The van der Waals surface area contributed by atoms with E-state index < -0.39 is 47.5 Å². The van der Waals surface area contributed by atoms with Crippen LogP contribution in [0, 0.1) is 5.82 Å². The van der Waals surface area contributed by atoms with Gasteiger partial charge < -0.3 is 4.74 Å². The highest BCUT2D eigenvalue weighted by atomic mass is 19.4. The Morgan fingerprint density at radius 3 is 2.30 bits per heavy atom. The quantitative estimate of drug-likeness (QED) is 0.528. The molecule has 2 aromatic heterocycles. The predicted molar refractivity (Wildman–Crippen MR) is 93.1 cm³/mol. The van der Waals surface area contributed by atoms with Gasteiger partial charge in [-0.15, -0.1) is 10.2 Å². The Morgan fingerprint density at radius 1 is 1.03 bits per heavy atom. The highest BCUT2D eigenvalue weighted by molar-refractivity contribution is 5.57. The zero-order valence-corrected chi connectivity index (χ0v) is 15.3. The molecule has 0 radical (unpaired) electrons. The molecule has 2 heterocycles. The second-order valence-corrected chi connectivity index (χ2v) is 7.78. The average molecular weight is 427 g/mol. The number of pyridine rings is 1. The van der Waals surface area contributed by atoms with E-state index in [-0.39, 0.29) is 17.6 Å². The van der Waals surface area contributed by atoms with Gasteiger partial charge in [0.25, 0.3) is 5.92 Å². The Labute approximate surface area is 166 Å². The number of hydrogen-bond donors (Lipinski definition) is 0. The van der Waals surface area contributed by atoms with Gasteiger partial charge in [-0.25, -0.2) is 13.2 Å². The molecule has 30 heavy (non-hydrogen) atoms. The molecule has 1 atom stereocenters. The molecule has 0 saturated heterocycles. The minimum atomic E-state index is -4.80. The topological polar surface area (TPSA) is 39.4 Å². The summed E-state index contributed by atoms with van der Waals surface area (Å²) in [6.45, 7) is 0. The number of fused-ring (bicyclic) bond motifs is 1. The van der Waals surface area contributed by atoms with E-state index in [1.165, 1.54) is 18.3 Å². The van der Waals surface area contributed by atoms with E-state index in [0.717, 1.165) is 16.0 Å². The Kier molecular flexibility index (Phi) is 4.07. The van der Waals surface area contributed by atoms with Gasteiger partial charge in [-0.3, -0.25) is 4.40 Å². The van der Waals surface area contributed by atoms with Crippen LogP contribution in [0.1, 0.15) is 48.0 Å². The van der Waals surface area contributed by atoms with Gasteiger partial charge in [-0.2, -0.15) is 13.2 Å². The monoisotopic (exact) mass is 427 g/mol. The third-order valence-corrected chi connectivity index (χ3v) is 5.72. The van der Waals surface area contributed by atoms with Gasteiger partial charge >= 0.3 is 6.18 Å². The third kappa shape index (κ3) is 3.18. The second-order valence-electron chi connectivity index (χ2n) is 7.78. The highest BCUT2D eigenvalue weighted by Crippen LogP contribution is 2.55. The number of hydrogen-bond acceptors (Lipinski definition) is 3. The minimum Gasteiger partial charge on any atom is -0.490 e. The van der Waals surface area contributed by atoms with Crippen molar-refractivity contribution in [3.8, 4) is 5.75 Å². The molecule has 3 aromatic rings. The number of halogens is 6. The van der Waals surface area contributed by atoms with Gasteiger partial charge in [0, 0.05) is 12.6 Å². The first-order valence-corrected chi connectivity index (χ1v) is 9.38.